The Balaban J connectivity index is 2.44. The molecular weight excluding hydrogens is 334 g/mol. The fourth-order valence-electron chi connectivity index (χ4n) is 1.86. The molecule has 2 rings (SSSR count). The van der Waals surface area contributed by atoms with Gasteiger partial charge in [0.2, 0.25) is 0 Å². The number of Topliss-reactive ketones (excluding diaryl/α,β-unsaturated/α-hetero) is 1. The molecule has 9 heteroatoms. The molecule has 0 bridgehead atoms. The highest BCUT2D eigenvalue weighted by molar-refractivity contribution is 7.55. The number of phenols is 1. The number of benzene rings is 1. The average molecular weight is 348 g/mol. The van der Waals surface area contributed by atoms with E-state index in [9.17, 15) is 18.9 Å². The second kappa shape index (κ2) is 6.34. The van der Waals surface area contributed by atoms with Crippen LogP contribution in [0.4, 0.5) is 4.39 Å². The standard InChI is InChI=1S/C13H14FO6PS/c1-18-9-5-10-7(12(14)13(9)16)4-11(22-10)8(15)6-21(17,19-2)20-3/h4-5,16H,6H2,1-3H3. The van der Waals surface area contributed by atoms with Crippen molar-refractivity contribution in [2.45, 2.75) is 0 Å². The Kier molecular flexibility index (Phi) is 4.87. The van der Waals surface area contributed by atoms with E-state index in [1.54, 1.807) is 0 Å². The van der Waals surface area contributed by atoms with Crippen molar-refractivity contribution in [2.75, 3.05) is 27.5 Å². The van der Waals surface area contributed by atoms with E-state index in [1.807, 2.05) is 0 Å². The van der Waals surface area contributed by atoms with Crippen LogP contribution in [-0.4, -0.2) is 38.4 Å². The Morgan fingerprint density at radius 1 is 1.32 bits per heavy atom. The predicted octanol–water partition coefficient (Wildman–Crippen LogP) is 3.42. The van der Waals surface area contributed by atoms with Gasteiger partial charge in [-0.05, 0) is 6.07 Å². The lowest BCUT2D eigenvalue weighted by molar-refractivity contribution is 0.101. The number of carbonyl (C=O) groups is 1. The van der Waals surface area contributed by atoms with Crippen LogP contribution in [0, 0.1) is 5.82 Å². The maximum Gasteiger partial charge on any atom is 0.337 e. The number of aromatic hydroxyl groups is 1. The Bertz CT molecular complexity index is 763. The zero-order valence-corrected chi connectivity index (χ0v) is 13.8. The normalized spacial score (nSPS) is 11.8. The minimum atomic E-state index is -3.49. The van der Waals surface area contributed by atoms with Gasteiger partial charge in [-0.1, -0.05) is 0 Å². The van der Waals surface area contributed by atoms with Crippen LogP contribution in [0.1, 0.15) is 9.67 Å². The first-order chi connectivity index (χ1) is 10.3. The Morgan fingerprint density at radius 3 is 2.50 bits per heavy atom. The molecular formula is C13H14FO6PS. The van der Waals surface area contributed by atoms with E-state index in [-0.39, 0.29) is 16.0 Å². The Morgan fingerprint density at radius 2 is 1.95 bits per heavy atom. The van der Waals surface area contributed by atoms with E-state index >= 15 is 0 Å². The van der Waals surface area contributed by atoms with Crippen LogP contribution in [-0.2, 0) is 13.6 Å². The number of rotatable bonds is 6. The molecule has 0 saturated heterocycles. The van der Waals surface area contributed by atoms with Crippen molar-refractivity contribution in [1.29, 1.82) is 0 Å². The molecule has 0 saturated carbocycles. The molecule has 0 aliphatic rings. The van der Waals surface area contributed by atoms with Gasteiger partial charge in [-0.15, -0.1) is 11.3 Å². The van der Waals surface area contributed by atoms with Gasteiger partial charge < -0.3 is 18.9 Å². The van der Waals surface area contributed by atoms with E-state index < -0.39 is 31.1 Å². The van der Waals surface area contributed by atoms with E-state index in [0.29, 0.717) is 4.70 Å². The zero-order valence-electron chi connectivity index (χ0n) is 12.1. The molecule has 0 amide bonds. The summed E-state index contributed by atoms with van der Waals surface area (Å²) in [5.74, 6) is -2.01. The van der Waals surface area contributed by atoms with Gasteiger partial charge in [-0.25, -0.2) is 4.39 Å². The van der Waals surface area contributed by atoms with Gasteiger partial charge in [0.1, 0.15) is 6.16 Å². The van der Waals surface area contributed by atoms with Crippen molar-refractivity contribution in [1.82, 2.24) is 0 Å². The van der Waals surface area contributed by atoms with Crippen molar-refractivity contribution >= 4 is 34.8 Å². The van der Waals surface area contributed by atoms with E-state index in [2.05, 4.69) is 0 Å². The molecule has 1 aromatic carbocycles. The van der Waals surface area contributed by atoms with Gasteiger partial charge in [0.25, 0.3) is 0 Å². The van der Waals surface area contributed by atoms with E-state index in [4.69, 9.17) is 13.8 Å². The van der Waals surface area contributed by atoms with Gasteiger partial charge >= 0.3 is 7.60 Å². The highest BCUT2D eigenvalue weighted by atomic mass is 32.1. The molecule has 0 atom stereocenters. The molecule has 0 aliphatic heterocycles. The largest absolute Gasteiger partial charge is 0.502 e. The molecule has 22 heavy (non-hydrogen) atoms. The SMILES string of the molecule is COc1cc2sc(C(=O)CP(=O)(OC)OC)cc2c(F)c1O. The van der Waals surface area contributed by atoms with Crippen LogP contribution in [0.3, 0.4) is 0 Å². The highest BCUT2D eigenvalue weighted by Gasteiger charge is 2.28. The molecule has 0 unspecified atom stereocenters. The van der Waals surface area contributed by atoms with Crippen LogP contribution in [0.5, 0.6) is 11.5 Å². The summed E-state index contributed by atoms with van der Waals surface area (Å²) in [6, 6.07) is 2.73. The first-order valence-corrected chi connectivity index (χ1v) is 8.62. The number of hydrogen-bond acceptors (Lipinski definition) is 7. The van der Waals surface area contributed by atoms with Crippen LogP contribution in [0.15, 0.2) is 12.1 Å². The third kappa shape index (κ3) is 3.01. The fourth-order valence-corrected chi connectivity index (χ4v) is 3.92. The smallest absolute Gasteiger partial charge is 0.337 e. The van der Waals surface area contributed by atoms with Crippen LogP contribution in [0.25, 0.3) is 10.1 Å². The minimum Gasteiger partial charge on any atom is -0.502 e. The molecule has 0 radical (unpaired) electrons. The summed E-state index contributed by atoms with van der Waals surface area (Å²) in [6.45, 7) is 0. The summed E-state index contributed by atoms with van der Waals surface area (Å²) in [5, 5.41) is 9.74. The molecule has 1 N–H and O–H groups in total. The van der Waals surface area contributed by atoms with Gasteiger partial charge in [-0.3, -0.25) is 9.36 Å². The average Bonchev–Trinajstić information content (AvgIpc) is 2.95. The lowest BCUT2D eigenvalue weighted by Crippen LogP contribution is -2.06. The highest BCUT2D eigenvalue weighted by Crippen LogP contribution is 2.47. The van der Waals surface area contributed by atoms with Gasteiger partial charge in [-0.2, -0.15) is 0 Å². The zero-order chi connectivity index (χ0) is 16.5. The second-order valence-electron chi connectivity index (χ2n) is 4.32. The van der Waals surface area contributed by atoms with Gasteiger partial charge in [0.15, 0.2) is 23.1 Å². The Hall–Kier alpha value is -1.47. The maximum absolute atomic E-state index is 14.1. The number of fused-ring (bicyclic) bond motifs is 1. The first-order valence-electron chi connectivity index (χ1n) is 6.08. The van der Waals surface area contributed by atoms with Crippen molar-refractivity contribution in [3.63, 3.8) is 0 Å². The number of phenolic OH excluding ortho intramolecular Hbond substituents is 1. The molecule has 0 fully saturated rings. The predicted molar refractivity (Wildman–Crippen MR) is 80.8 cm³/mol. The Labute approximate surface area is 130 Å². The van der Waals surface area contributed by atoms with Crippen molar-refractivity contribution in [3.05, 3.63) is 22.8 Å². The number of hydrogen-bond donors (Lipinski definition) is 1. The number of thiophene rings is 1. The molecule has 120 valence electrons. The molecule has 1 aromatic heterocycles. The minimum absolute atomic E-state index is 0.0229. The monoisotopic (exact) mass is 348 g/mol. The quantitative estimate of drug-likeness (QED) is 0.636. The van der Waals surface area contributed by atoms with Gasteiger partial charge in [0.05, 0.1) is 12.0 Å². The third-order valence-corrected chi connectivity index (χ3v) is 6.00. The summed E-state index contributed by atoms with van der Waals surface area (Å²) >= 11 is 1.01. The molecule has 1 heterocycles. The maximum atomic E-state index is 14.1. The van der Waals surface area contributed by atoms with Crippen LogP contribution in [0.2, 0.25) is 0 Å². The summed E-state index contributed by atoms with van der Waals surface area (Å²) in [4.78, 5) is 12.4. The van der Waals surface area contributed by atoms with Crippen LogP contribution < -0.4 is 4.74 Å². The van der Waals surface area contributed by atoms with Crippen molar-refractivity contribution < 1.29 is 32.6 Å². The van der Waals surface area contributed by atoms with E-state index in [0.717, 1.165) is 11.3 Å². The number of ether oxygens (including phenoxy) is 1. The van der Waals surface area contributed by atoms with Gasteiger partial charge in [0, 0.05) is 30.4 Å². The van der Waals surface area contributed by atoms with Crippen molar-refractivity contribution in [2.24, 2.45) is 0 Å². The topological polar surface area (TPSA) is 82.1 Å². The summed E-state index contributed by atoms with van der Waals surface area (Å²) in [7, 11) is 0.177. The number of carbonyl (C=O) groups excluding carboxylic acids is 1. The molecule has 2 aromatic rings. The third-order valence-electron chi connectivity index (χ3n) is 3.09. The molecule has 6 nitrogen and oxygen atoms in total. The molecule has 0 aliphatic carbocycles. The molecule has 0 spiro atoms. The number of halogens is 1. The lowest BCUT2D eigenvalue weighted by atomic mass is 10.2. The second-order valence-corrected chi connectivity index (χ2v) is 7.67. The summed E-state index contributed by atoms with van der Waals surface area (Å²) in [5.41, 5.74) is 0. The number of ketones is 1. The van der Waals surface area contributed by atoms with E-state index in [1.165, 1.54) is 33.5 Å². The fraction of sp³-hybridized carbons (Fsp3) is 0.308. The summed E-state index contributed by atoms with van der Waals surface area (Å²) in [6.07, 6.45) is -0.447. The number of methoxy groups -OCH3 is 1. The van der Waals surface area contributed by atoms with Crippen LogP contribution >= 0.6 is 18.9 Å². The lowest BCUT2D eigenvalue weighted by Gasteiger charge is -2.11. The first kappa shape index (κ1) is 16.9. The van der Waals surface area contributed by atoms with Crippen molar-refractivity contribution in [3.8, 4) is 11.5 Å². The summed E-state index contributed by atoms with van der Waals surface area (Å²) < 4.78 is 40.8.